The topological polar surface area (TPSA) is 53.7 Å². The Morgan fingerprint density at radius 2 is 2.11 bits per heavy atom. The van der Waals surface area contributed by atoms with Gasteiger partial charge in [0.15, 0.2) is 0 Å². The van der Waals surface area contributed by atoms with Crippen LogP contribution in [-0.2, 0) is 11.3 Å². The van der Waals surface area contributed by atoms with Crippen molar-refractivity contribution in [3.05, 3.63) is 23.7 Å². The van der Waals surface area contributed by atoms with Crippen molar-refractivity contribution in [2.75, 3.05) is 13.6 Å². The van der Waals surface area contributed by atoms with Crippen LogP contribution in [0.5, 0.6) is 0 Å². The molecule has 0 aliphatic heterocycles. The van der Waals surface area contributed by atoms with Crippen molar-refractivity contribution < 1.29 is 14.3 Å². The van der Waals surface area contributed by atoms with Gasteiger partial charge in [-0.2, -0.15) is 0 Å². The van der Waals surface area contributed by atoms with Gasteiger partial charge in [-0.15, -0.1) is 0 Å². The Labute approximate surface area is 115 Å². The second-order valence-electron chi connectivity index (χ2n) is 5.89. The van der Waals surface area contributed by atoms with Crippen molar-refractivity contribution in [3.63, 3.8) is 0 Å². The fraction of sp³-hybridized carbons (Fsp3) is 0.667. The van der Waals surface area contributed by atoms with Crippen molar-refractivity contribution in [2.45, 2.75) is 46.6 Å². The van der Waals surface area contributed by atoms with E-state index < -0.39 is 11.4 Å². The summed E-state index contributed by atoms with van der Waals surface area (Å²) in [6.07, 6.45) is 4.40. The average molecular weight is 267 g/mol. The minimum atomic E-state index is -0.713. The molecular weight excluding hydrogens is 242 g/mol. The van der Waals surface area contributed by atoms with E-state index in [-0.39, 0.29) is 0 Å². The van der Waals surface area contributed by atoms with Crippen LogP contribution in [0.4, 0.5) is 0 Å². The third-order valence-corrected chi connectivity index (χ3v) is 3.58. The Morgan fingerprint density at radius 1 is 1.42 bits per heavy atom. The third-order valence-electron chi connectivity index (χ3n) is 3.58. The van der Waals surface area contributed by atoms with Gasteiger partial charge >= 0.3 is 5.97 Å². The summed E-state index contributed by atoms with van der Waals surface area (Å²) in [5.74, 6) is 0.258. The zero-order chi connectivity index (χ0) is 14.5. The van der Waals surface area contributed by atoms with Crippen molar-refractivity contribution >= 4 is 5.97 Å². The summed E-state index contributed by atoms with van der Waals surface area (Å²) in [7, 11) is 2.08. The maximum atomic E-state index is 11.0. The van der Waals surface area contributed by atoms with Crippen LogP contribution in [0.3, 0.4) is 0 Å². The van der Waals surface area contributed by atoms with Crippen LogP contribution >= 0.6 is 0 Å². The number of hydrogen-bond acceptors (Lipinski definition) is 3. The summed E-state index contributed by atoms with van der Waals surface area (Å²) < 4.78 is 5.27. The number of aliphatic carboxylic acids is 1. The lowest BCUT2D eigenvalue weighted by atomic mass is 9.87. The second kappa shape index (κ2) is 6.75. The van der Waals surface area contributed by atoms with E-state index in [1.165, 1.54) is 5.56 Å². The Morgan fingerprint density at radius 3 is 2.63 bits per heavy atom. The smallest absolute Gasteiger partial charge is 0.309 e. The summed E-state index contributed by atoms with van der Waals surface area (Å²) in [5.41, 5.74) is 0.605. The third kappa shape index (κ3) is 5.07. The molecule has 0 radical (unpaired) electrons. The van der Waals surface area contributed by atoms with Gasteiger partial charge in [-0.25, -0.2) is 0 Å². The largest absolute Gasteiger partial charge is 0.481 e. The molecule has 0 saturated carbocycles. The van der Waals surface area contributed by atoms with Gasteiger partial charge in [-0.3, -0.25) is 4.79 Å². The molecule has 1 heterocycles. The Kier molecular flexibility index (Phi) is 5.60. The normalized spacial score (nSPS) is 12.1. The SMILES string of the molecule is Cc1occc1CN(C)CCCCC(C)(C)C(=O)O. The molecule has 1 aromatic heterocycles. The molecule has 4 nitrogen and oxygen atoms in total. The lowest BCUT2D eigenvalue weighted by Gasteiger charge is -2.20. The quantitative estimate of drug-likeness (QED) is 0.734. The van der Waals surface area contributed by atoms with Crippen molar-refractivity contribution in [1.82, 2.24) is 4.90 Å². The van der Waals surface area contributed by atoms with Crippen LogP contribution in [0.25, 0.3) is 0 Å². The summed E-state index contributed by atoms with van der Waals surface area (Å²) in [6.45, 7) is 7.39. The fourth-order valence-corrected chi connectivity index (χ4v) is 2.00. The number of hydrogen-bond donors (Lipinski definition) is 1. The molecule has 0 unspecified atom stereocenters. The Hall–Kier alpha value is -1.29. The van der Waals surface area contributed by atoms with E-state index in [1.54, 1.807) is 20.1 Å². The van der Waals surface area contributed by atoms with Crippen LogP contribution in [0.1, 0.15) is 44.4 Å². The second-order valence-corrected chi connectivity index (χ2v) is 5.89. The number of furan rings is 1. The first-order chi connectivity index (χ1) is 8.83. The van der Waals surface area contributed by atoms with Crippen LogP contribution < -0.4 is 0 Å². The lowest BCUT2D eigenvalue weighted by Crippen LogP contribution is -2.24. The highest BCUT2D eigenvalue weighted by Crippen LogP contribution is 2.23. The zero-order valence-corrected chi connectivity index (χ0v) is 12.4. The van der Waals surface area contributed by atoms with Gasteiger partial charge in [0.05, 0.1) is 11.7 Å². The van der Waals surface area contributed by atoms with E-state index in [1.807, 2.05) is 13.0 Å². The summed E-state index contributed by atoms with van der Waals surface area (Å²) in [5, 5.41) is 9.03. The van der Waals surface area contributed by atoms with E-state index >= 15 is 0 Å². The van der Waals surface area contributed by atoms with Gasteiger partial charge in [0, 0.05) is 12.1 Å². The minimum absolute atomic E-state index is 0.611. The van der Waals surface area contributed by atoms with E-state index in [4.69, 9.17) is 9.52 Å². The molecule has 0 saturated heterocycles. The predicted molar refractivity (Wildman–Crippen MR) is 75.0 cm³/mol. The van der Waals surface area contributed by atoms with Gasteiger partial charge in [0.25, 0.3) is 0 Å². The monoisotopic (exact) mass is 267 g/mol. The minimum Gasteiger partial charge on any atom is -0.481 e. The maximum absolute atomic E-state index is 11.0. The number of aryl methyl sites for hydroxylation is 1. The van der Waals surface area contributed by atoms with Crippen molar-refractivity contribution in [3.8, 4) is 0 Å². The van der Waals surface area contributed by atoms with E-state index in [2.05, 4.69) is 11.9 Å². The number of carboxylic acids is 1. The number of nitrogens with zero attached hydrogens (tertiary/aromatic N) is 1. The molecular formula is C15H25NO3. The first-order valence-electron chi connectivity index (χ1n) is 6.78. The predicted octanol–water partition coefficient (Wildman–Crippen LogP) is 3.30. The molecule has 0 bridgehead atoms. The first-order valence-corrected chi connectivity index (χ1v) is 6.78. The first kappa shape index (κ1) is 15.8. The highest BCUT2D eigenvalue weighted by atomic mass is 16.4. The highest BCUT2D eigenvalue weighted by Gasteiger charge is 2.25. The molecule has 1 rings (SSSR count). The number of carboxylic acid groups (broad SMARTS) is 1. The molecule has 0 fully saturated rings. The Bertz CT molecular complexity index is 409. The summed E-state index contributed by atoms with van der Waals surface area (Å²) in [4.78, 5) is 13.2. The molecule has 4 heteroatoms. The standard InChI is InChI=1S/C15H25NO3/c1-12-13(7-10-19-12)11-16(4)9-6-5-8-15(2,3)14(17)18/h7,10H,5-6,8-9,11H2,1-4H3,(H,17,18). The molecule has 1 aromatic rings. The van der Waals surface area contributed by atoms with Crippen molar-refractivity contribution in [2.24, 2.45) is 5.41 Å². The van der Waals surface area contributed by atoms with E-state index in [9.17, 15) is 4.79 Å². The molecule has 0 amide bonds. The van der Waals surface area contributed by atoms with Gasteiger partial charge in [-0.05, 0) is 53.3 Å². The number of carbonyl (C=O) groups is 1. The van der Waals surface area contributed by atoms with Crippen LogP contribution in [0.2, 0.25) is 0 Å². The van der Waals surface area contributed by atoms with Gasteiger partial charge in [0.1, 0.15) is 5.76 Å². The molecule has 0 aromatic carbocycles. The number of unbranched alkanes of at least 4 members (excludes halogenated alkanes) is 1. The van der Waals surface area contributed by atoms with Gasteiger partial charge < -0.3 is 14.4 Å². The summed E-state index contributed by atoms with van der Waals surface area (Å²) in [6, 6.07) is 2.00. The molecule has 0 aliphatic carbocycles. The van der Waals surface area contributed by atoms with Gasteiger partial charge in [0.2, 0.25) is 0 Å². The lowest BCUT2D eigenvalue weighted by molar-refractivity contribution is -0.147. The zero-order valence-electron chi connectivity index (χ0n) is 12.4. The van der Waals surface area contributed by atoms with E-state index in [0.29, 0.717) is 0 Å². The van der Waals surface area contributed by atoms with Crippen LogP contribution in [0, 0.1) is 12.3 Å². The maximum Gasteiger partial charge on any atom is 0.309 e. The average Bonchev–Trinajstić information content (AvgIpc) is 2.70. The molecule has 1 N–H and O–H groups in total. The van der Waals surface area contributed by atoms with Gasteiger partial charge in [-0.1, -0.05) is 6.42 Å². The molecule has 19 heavy (non-hydrogen) atoms. The molecule has 108 valence electrons. The number of rotatable bonds is 8. The molecule has 0 spiro atoms. The van der Waals surface area contributed by atoms with Crippen LogP contribution in [0.15, 0.2) is 16.7 Å². The fourth-order valence-electron chi connectivity index (χ4n) is 2.00. The molecule has 0 aliphatic rings. The Balaban J connectivity index is 2.23. The van der Waals surface area contributed by atoms with Crippen LogP contribution in [-0.4, -0.2) is 29.6 Å². The highest BCUT2D eigenvalue weighted by molar-refractivity contribution is 5.73. The van der Waals surface area contributed by atoms with Crippen molar-refractivity contribution in [1.29, 1.82) is 0 Å². The van der Waals surface area contributed by atoms with E-state index in [0.717, 1.165) is 38.1 Å². The molecule has 0 atom stereocenters. The summed E-state index contributed by atoms with van der Waals surface area (Å²) >= 11 is 0.